The number of pyridine rings is 1. The number of benzene rings is 1. The van der Waals surface area contributed by atoms with E-state index < -0.39 is 9.85 Å². The number of nitro benzene ring substituents is 2. The molecular formula is C20H19N7O5. The molecule has 0 radical (unpaired) electrons. The molecule has 4 rings (SSSR count). The fourth-order valence-electron chi connectivity index (χ4n) is 3.67. The Hall–Kier alpha value is -4.35. The molecule has 1 saturated heterocycles. The minimum absolute atomic E-state index is 0.129. The van der Waals surface area contributed by atoms with Gasteiger partial charge in [-0.05, 0) is 43.0 Å². The number of rotatable bonds is 6. The maximum atomic E-state index is 12.3. The van der Waals surface area contributed by atoms with Crippen LogP contribution in [0.1, 0.15) is 12.8 Å². The SMILES string of the molecule is O=C(C=CC1CCN(c2ccc([N+](=O)[O-])cc2[N+](=O)[O-])CC1)Nc1nnc2ccccn12. The lowest BCUT2D eigenvalue weighted by molar-refractivity contribution is -0.393. The van der Waals surface area contributed by atoms with Crippen LogP contribution in [0.4, 0.5) is 23.0 Å². The largest absolute Gasteiger partial charge is 0.366 e. The molecule has 12 nitrogen and oxygen atoms in total. The van der Waals surface area contributed by atoms with E-state index in [1.807, 2.05) is 23.1 Å². The number of carbonyl (C=O) groups is 1. The van der Waals surface area contributed by atoms with Gasteiger partial charge in [0.05, 0.1) is 15.9 Å². The van der Waals surface area contributed by atoms with Crippen LogP contribution in [0.3, 0.4) is 0 Å². The zero-order valence-corrected chi connectivity index (χ0v) is 16.8. The number of aromatic nitrogens is 3. The van der Waals surface area contributed by atoms with Crippen molar-refractivity contribution >= 4 is 34.6 Å². The van der Waals surface area contributed by atoms with Crippen LogP contribution in [-0.2, 0) is 4.79 Å². The second kappa shape index (κ2) is 8.79. The molecule has 3 heterocycles. The lowest BCUT2D eigenvalue weighted by Crippen LogP contribution is -2.33. The zero-order chi connectivity index (χ0) is 22.7. The Morgan fingerprint density at radius 1 is 1.09 bits per heavy atom. The number of nitrogens with one attached hydrogen (secondary N) is 1. The molecule has 12 heteroatoms. The van der Waals surface area contributed by atoms with Gasteiger partial charge < -0.3 is 4.90 Å². The van der Waals surface area contributed by atoms with Gasteiger partial charge in [-0.1, -0.05) is 12.1 Å². The molecule has 1 N–H and O–H groups in total. The average Bonchev–Trinajstić information content (AvgIpc) is 3.20. The normalized spacial score (nSPS) is 14.7. The highest BCUT2D eigenvalue weighted by Gasteiger charge is 2.26. The van der Waals surface area contributed by atoms with Gasteiger partial charge in [-0.25, -0.2) is 0 Å². The Labute approximate surface area is 181 Å². The third-order valence-electron chi connectivity index (χ3n) is 5.32. The summed E-state index contributed by atoms with van der Waals surface area (Å²) < 4.78 is 1.67. The van der Waals surface area contributed by atoms with Crippen LogP contribution >= 0.6 is 0 Å². The Kier molecular flexibility index (Phi) is 5.75. The number of nitrogens with zero attached hydrogens (tertiary/aromatic N) is 6. The Balaban J connectivity index is 1.37. The Bertz CT molecular complexity index is 1210. The monoisotopic (exact) mass is 437 g/mol. The molecule has 0 unspecified atom stereocenters. The quantitative estimate of drug-likeness (QED) is 0.351. The number of hydrogen-bond donors (Lipinski definition) is 1. The molecule has 1 aliphatic heterocycles. The minimum Gasteiger partial charge on any atom is -0.366 e. The van der Waals surface area contributed by atoms with E-state index in [2.05, 4.69) is 15.5 Å². The summed E-state index contributed by atoms with van der Waals surface area (Å²) in [6, 6.07) is 9.09. The molecule has 32 heavy (non-hydrogen) atoms. The van der Waals surface area contributed by atoms with Crippen molar-refractivity contribution in [3.05, 3.63) is 75.0 Å². The van der Waals surface area contributed by atoms with Crippen LogP contribution in [0.15, 0.2) is 54.7 Å². The lowest BCUT2D eigenvalue weighted by Gasteiger charge is -2.32. The number of nitro groups is 2. The Morgan fingerprint density at radius 3 is 2.59 bits per heavy atom. The first kappa shape index (κ1) is 20.9. The van der Waals surface area contributed by atoms with Crippen LogP contribution in [0.2, 0.25) is 0 Å². The molecule has 0 saturated carbocycles. The van der Waals surface area contributed by atoms with E-state index in [0.29, 0.717) is 43.2 Å². The van der Waals surface area contributed by atoms with Gasteiger partial charge in [0.25, 0.3) is 11.4 Å². The predicted molar refractivity (Wildman–Crippen MR) is 115 cm³/mol. The summed E-state index contributed by atoms with van der Waals surface area (Å²) in [6.45, 7) is 1.06. The molecule has 164 valence electrons. The number of anilines is 2. The second-order valence-electron chi connectivity index (χ2n) is 7.31. The molecular weight excluding hydrogens is 418 g/mol. The zero-order valence-electron chi connectivity index (χ0n) is 16.8. The number of allylic oxidation sites excluding steroid dienone is 1. The standard InChI is InChI=1S/C20H19N7O5/c28-19(21-20-23-22-18-3-1-2-10-25(18)20)7-4-14-8-11-24(12-9-14)16-6-5-15(26(29)30)13-17(16)27(31)32/h1-7,10,13-14H,8-9,11-12H2,(H,21,23,28). The molecule has 0 atom stereocenters. The fourth-order valence-corrected chi connectivity index (χ4v) is 3.67. The van der Waals surface area contributed by atoms with Crippen LogP contribution in [-0.4, -0.2) is 43.4 Å². The van der Waals surface area contributed by atoms with Crippen molar-refractivity contribution in [2.75, 3.05) is 23.3 Å². The van der Waals surface area contributed by atoms with E-state index in [1.54, 1.807) is 16.7 Å². The molecule has 1 aromatic carbocycles. The third-order valence-corrected chi connectivity index (χ3v) is 5.32. The summed E-state index contributed by atoms with van der Waals surface area (Å²) in [4.78, 5) is 35.2. The highest BCUT2D eigenvalue weighted by atomic mass is 16.6. The first-order valence-corrected chi connectivity index (χ1v) is 9.89. The van der Waals surface area contributed by atoms with Crippen LogP contribution < -0.4 is 10.2 Å². The van der Waals surface area contributed by atoms with Crippen molar-refractivity contribution in [1.29, 1.82) is 0 Å². The minimum atomic E-state index is -0.652. The molecule has 0 bridgehead atoms. The molecule has 1 amide bonds. The number of fused-ring (bicyclic) bond motifs is 1. The van der Waals surface area contributed by atoms with Crippen molar-refractivity contribution in [2.45, 2.75) is 12.8 Å². The van der Waals surface area contributed by atoms with Gasteiger partial charge in [0.1, 0.15) is 5.69 Å². The molecule has 3 aromatic rings. The van der Waals surface area contributed by atoms with E-state index in [-0.39, 0.29) is 23.2 Å². The second-order valence-corrected chi connectivity index (χ2v) is 7.31. The van der Waals surface area contributed by atoms with Gasteiger partial charge in [-0.3, -0.25) is 34.7 Å². The number of hydrogen-bond acceptors (Lipinski definition) is 8. The highest BCUT2D eigenvalue weighted by molar-refractivity contribution is 5.98. The van der Waals surface area contributed by atoms with E-state index in [9.17, 15) is 25.0 Å². The predicted octanol–water partition coefficient (Wildman–Crippen LogP) is 2.96. The summed E-state index contributed by atoms with van der Waals surface area (Å²) in [5.41, 5.74) is 0.386. The van der Waals surface area contributed by atoms with Crippen molar-refractivity contribution in [2.24, 2.45) is 5.92 Å². The summed E-state index contributed by atoms with van der Waals surface area (Å²) in [7, 11) is 0. The Morgan fingerprint density at radius 2 is 1.88 bits per heavy atom. The van der Waals surface area contributed by atoms with Crippen molar-refractivity contribution in [1.82, 2.24) is 14.6 Å². The first-order chi connectivity index (χ1) is 15.4. The summed E-state index contributed by atoms with van der Waals surface area (Å²) in [6.07, 6.45) is 6.40. The fraction of sp³-hybridized carbons (Fsp3) is 0.250. The highest BCUT2D eigenvalue weighted by Crippen LogP contribution is 2.34. The third kappa shape index (κ3) is 4.38. The summed E-state index contributed by atoms with van der Waals surface area (Å²) in [5, 5.41) is 32.9. The van der Waals surface area contributed by atoms with Gasteiger partial charge in [-0.2, -0.15) is 0 Å². The summed E-state index contributed by atoms with van der Waals surface area (Å²) >= 11 is 0. The lowest BCUT2D eigenvalue weighted by atomic mass is 9.95. The van der Waals surface area contributed by atoms with Gasteiger partial charge in [0, 0.05) is 25.4 Å². The van der Waals surface area contributed by atoms with Gasteiger partial charge in [-0.15, -0.1) is 10.2 Å². The number of carbonyl (C=O) groups excluding carboxylic acids is 1. The maximum absolute atomic E-state index is 12.3. The van der Waals surface area contributed by atoms with E-state index >= 15 is 0 Å². The van der Waals surface area contributed by atoms with Crippen molar-refractivity contribution in [3.63, 3.8) is 0 Å². The molecule has 0 spiro atoms. The van der Waals surface area contributed by atoms with Crippen molar-refractivity contribution in [3.8, 4) is 0 Å². The average molecular weight is 437 g/mol. The molecule has 1 fully saturated rings. The molecule has 2 aromatic heterocycles. The van der Waals surface area contributed by atoms with Crippen LogP contribution in [0, 0.1) is 26.1 Å². The van der Waals surface area contributed by atoms with Crippen molar-refractivity contribution < 1.29 is 14.6 Å². The van der Waals surface area contributed by atoms with Gasteiger partial charge in [0.2, 0.25) is 11.9 Å². The van der Waals surface area contributed by atoms with E-state index in [4.69, 9.17) is 0 Å². The van der Waals surface area contributed by atoms with Gasteiger partial charge >= 0.3 is 0 Å². The molecule has 0 aliphatic carbocycles. The summed E-state index contributed by atoms with van der Waals surface area (Å²) in [5.74, 6) is 0.136. The maximum Gasteiger partial charge on any atom is 0.299 e. The first-order valence-electron chi connectivity index (χ1n) is 9.89. The number of amides is 1. The number of piperidine rings is 1. The van der Waals surface area contributed by atoms with Crippen LogP contribution in [0.25, 0.3) is 5.65 Å². The number of non-ortho nitro benzene ring substituents is 1. The van der Waals surface area contributed by atoms with Crippen LogP contribution in [0.5, 0.6) is 0 Å². The van der Waals surface area contributed by atoms with E-state index in [0.717, 1.165) is 6.07 Å². The topological polar surface area (TPSA) is 149 Å². The van der Waals surface area contributed by atoms with Gasteiger partial charge in [0.15, 0.2) is 5.65 Å². The molecule has 1 aliphatic rings. The van der Waals surface area contributed by atoms with E-state index in [1.165, 1.54) is 18.2 Å². The smallest absolute Gasteiger partial charge is 0.299 e.